The number of aromatic nitrogens is 4. The van der Waals surface area contributed by atoms with Gasteiger partial charge in [-0.2, -0.15) is 10.2 Å². The number of aromatic amines is 1. The average molecular weight is 438 g/mol. The van der Waals surface area contributed by atoms with Gasteiger partial charge in [-0.25, -0.2) is 16.8 Å². The minimum absolute atomic E-state index is 0.00926. The molecule has 156 valence electrons. The zero-order valence-electron chi connectivity index (χ0n) is 14.8. The fourth-order valence-electron chi connectivity index (χ4n) is 1.17. The summed E-state index contributed by atoms with van der Waals surface area (Å²) in [7, 11) is -5.96. The van der Waals surface area contributed by atoms with E-state index in [-0.39, 0.29) is 23.7 Å². The van der Waals surface area contributed by atoms with Crippen LogP contribution in [0, 0.1) is 20.2 Å². The summed E-state index contributed by atoms with van der Waals surface area (Å²) in [6.45, 7) is 3.18. The van der Waals surface area contributed by atoms with Crippen LogP contribution in [0.25, 0.3) is 0 Å². The molecule has 2 aromatic heterocycles. The molecule has 0 aliphatic heterocycles. The maximum atomic E-state index is 10.8. The third kappa shape index (κ3) is 12.3. The molecule has 2 rings (SSSR count). The van der Waals surface area contributed by atoms with Crippen molar-refractivity contribution in [1.82, 2.24) is 20.0 Å². The highest BCUT2D eigenvalue weighted by molar-refractivity contribution is 7.93. The first-order chi connectivity index (χ1) is 12.7. The van der Waals surface area contributed by atoms with Crippen molar-refractivity contribution in [2.75, 3.05) is 18.3 Å². The highest BCUT2D eigenvalue weighted by atomic mass is 32.2. The lowest BCUT2D eigenvalue weighted by Gasteiger charge is -1.97. The van der Waals surface area contributed by atoms with Gasteiger partial charge < -0.3 is 0 Å². The molecule has 0 aliphatic carbocycles. The summed E-state index contributed by atoms with van der Waals surface area (Å²) in [6, 6.07) is 0. The molecule has 14 nitrogen and oxygen atoms in total. The van der Waals surface area contributed by atoms with Crippen molar-refractivity contribution in [2.45, 2.75) is 6.54 Å². The molecule has 0 saturated carbocycles. The van der Waals surface area contributed by atoms with Crippen LogP contribution in [-0.4, -0.2) is 64.9 Å². The summed E-state index contributed by atoms with van der Waals surface area (Å²) in [6.07, 6.45) is 6.86. The molecule has 16 heteroatoms. The minimum atomic E-state index is -3.06. The second-order valence-corrected chi connectivity index (χ2v) is 9.31. The van der Waals surface area contributed by atoms with Crippen LogP contribution in [0.3, 0.4) is 0 Å². The molecule has 0 fully saturated rings. The Hall–Kier alpha value is -3.14. The summed E-state index contributed by atoms with van der Waals surface area (Å²) >= 11 is 0. The smallest absolute Gasteiger partial charge is 0.279 e. The molecule has 2 aromatic rings. The average Bonchev–Trinajstić information content (AvgIpc) is 3.24. The van der Waals surface area contributed by atoms with Gasteiger partial charge in [0.15, 0.2) is 9.84 Å². The number of hydrogen-bond donors (Lipinski definition) is 1. The van der Waals surface area contributed by atoms with Gasteiger partial charge in [0.25, 0.3) is 0 Å². The molecule has 0 radical (unpaired) electrons. The van der Waals surface area contributed by atoms with Crippen LogP contribution in [0.15, 0.2) is 36.8 Å². The summed E-state index contributed by atoms with van der Waals surface area (Å²) in [4.78, 5) is 19.0. The van der Waals surface area contributed by atoms with E-state index in [1.54, 1.807) is 0 Å². The van der Waals surface area contributed by atoms with Crippen LogP contribution in [0.4, 0.5) is 11.4 Å². The first kappa shape index (κ1) is 24.9. The third-order valence-electron chi connectivity index (χ3n) is 2.52. The number of nitro groups is 2. The van der Waals surface area contributed by atoms with Crippen molar-refractivity contribution in [3.05, 3.63) is 57.0 Å². The van der Waals surface area contributed by atoms with Gasteiger partial charge in [-0.05, 0) is 0 Å². The lowest BCUT2D eigenvalue weighted by Crippen LogP contribution is -2.11. The topological polar surface area (TPSA) is 201 Å². The molecule has 0 bridgehead atoms. The van der Waals surface area contributed by atoms with Crippen LogP contribution in [0.5, 0.6) is 0 Å². The van der Waals surface area contributed by atoms with Gasteiger partial charge in [0.1, 0.15) is 28.4 Å². The van der Waals surface area contributed by atoms with Gasteiger partial charge in [-0.15, -0.1) is 0 Å². The molecule has 0 unspecified atom stereocenters. The Morgan fingerprint density at radius 3 is 1.96 bits per heavy atom. The normalized spacial score (nSPS) is 10.6. The quantitative estimate of drug-likeness (QED) is 0.483. The second-order valence-electron chi connectivity index (χ2n) is 5.06. The zero-order valence-corrected chi connectivity index (χ0v) is 16.5. The standard InChI is InChI=1S/C6H9N3O4S.C3H3N3O2.C3H6O2S/c1-14(12,13)3-2-8-5-6(4-7-8)9(10)11;7-6(8)3-1-4-5-2-3;1-3-6(2,4)5/h4-5H,2-3H2,1H3;1-2H,(H,4,5);3H,1H2,2H3. The number of rotatable bonds is 6. The van der Waals surface area contributed by atoms with Crippen molar-refractivity contribution in [1.29, 1.82) is 0 Å². The summed E-state index contributed by atoms with van der Waals surface area (Å²) in [5.74, 6) is -0.0775. The van der Waals surface area contributed by atoms with Crippen LogP contribution in [0.2, 0.25) is 0 Å². The van der Waals surface area contributed by atoms with Gasteiger partial charge in [-0.1, -0.05) is 6.58 Å². The van der Waals surface area contributed by atoms with Gasteiger partial charge >= 0.3 is 11.4 Å². The first-order valence-electron chi connectivity index (χ1n) is 7.05. The molecule has 0 aliphatic rings. The highest BCUT2D eigenvalue weighted by Crippen LogP contribution is 2.07. The SMILES string of the molecule is C=CS(C)(=O)=O.CS(=O)(=O)CCn1cc([N+](=O)[O-])cn1.O=[N+]([O-])c1cn[nH]c1. The first-order valence-corrected chi connectivity index (χ1v) is 11.1. The maximum absolute atomic E-state index is 10.8. The third-order valence-corrected chi connectivity index (χ3v) is 4.05. The predicted molar refractivity (Wildman–Crippen MR) is 98.9 cm³/mol. The van der Waals surface area contributed by atoms with Crippen LogP contribution >= 0.6 is 0 Å². The number of aryl methyl sites for hydroxylation is 1. The number of H-pyrrole nitrogens is 1. The summed E-state index contributed by atoms with van der Waals surface area (Å²) < 4.78 is 42.5. The van der Waals surface area contributed by atoms with Crippen molar-refractivity contribution >= 4 is 31.0 Å². The van der Waals surface area contributed by atoms with Crippen molar-refractivity contribution in [3.8, 4) is 0 Å². The Balaban J connectivity index is 0.000000439. The van der Waals surface area contributed by atoms with E-state index in [9.17, 15) is 37.1 Å². The lowest BCUT2D eigenvalue weighted by molar-refractivity contribution is -0.385. The maximum Gasteiger partial charge on any atom is 0.306 e. The largest absolute Gasteiger partial charge is 0.306 e. The Labute approximate surface area is 160 Å². The molecule has 28 heavy (non-hydrogen) atoms. The van der Waals surface area contributed by atoms with E-state index >= 15 is 0 Å². The van der Waals surface area contributed by atoms with Crippen LogP contribution < -0.4 is 0 Å². The molecular formula is C12H18N6O8S2. The minimum Gasteiger partial charge on any atom is -0.279 e. The van der Waals surface area contributed by atoms with E-state index in [1.165, 1.54) is 17.1 Å². The fraction of sp³-hybridized carbons (Fsp3) is 0.333. The Morgan fingerprint density at radius 2 is 1.68 bits per heavy atom. The van der Waals surface area contributed by atoms with E-state index < -0.39 is 29.5 Å². The van der Waals surface area contributed by atoms with Crippen LogP contribution in [0.1, 0.15) is 0 Å². The molecule has 0 spiro atoms. The number of nitrogens with one attached hydrogen (secondary N) is 1. The number of hydrogen-bond acceptors (Lipinski definition) is 10. The van der Waals surface area contributed by atoms with Crippen molar-refractivity contribution in [2.24, 2.45) is 0 Å². The van der Waals surface area contributed by atoms with Gasteiger partial charge in [0, 0.05) is 17.9 Å². The second kappa shape index (κ2) is 10.9. The zero-order chi connectivity index (χ0) is 22.0. The molecule has 0 aromatic carbocycles. The fourth-order valence-corrected chi connectivity index (χ4v) is 1.69. The van der Waals surface area contributed by atoms with E-state index in [1.807, 2.05) is 0 Å². The molecule has 2 heterocycles. The van der Waals surface area contributed by atoms with E-state index in [2.05, 4.69) is 21.9 Å². The van der Waals surface area contributed by atoms with Gasteiger partial charge in [0.05, 0.1) is 28.3 Å². The Morgan fingerprint density at radius 1 is 1.14 bits per heavy atom. The molecule has 1 N–H and O–H groups in total. The molecule has 0 amide bonds. The molecule has 0 atom stereocenters. The van der Waals surface area contributed by atoms with Gasteiger partial charge in [0.2, 0.25) is 0 Å². The van der Waals surface area contributed by atoms with E-state index in [4.69, 9.17) is 0 Å². The monoisotopic (exact) mass is 438 g/mol. The van der Waals surface area contributed by atoms with E-state index in [0.717, 1.165) is 30.3 Å². The van der Waals surface area contributed by atoms with Crippen LogP contribution in [-0.2, 0) is 26.2 Å². The van der Waals surface area contributed by atoms with Gasteiger partial charge in [-0.3, -0.25) is 30.0 Å². The Bertz CT molecular complexity index is 983. The van der Waals surface area contributed by atoms with E-state index in [0.29, 0.717) is 0 Å². The van der Waals surface area contributed by atoms with Crippen molar-refractivity contribution < 1.29 is 26.7 Å². The molecular weight excluding hydrogens is 420 g/mol. The number of nitrogens with zero attached hydrogens (tertiary/aromatic N) is 5. The predicted octanol–water partition coefficient (Wildman–Crippen LogP) is 0.328. The Kier molecular flexibility index (Phi) is 9.66. The lowest BCUT2D eigenvalue weighted by atomic mass is 10.6. The molecule has 0 saturated heterocycles. The number of sulfone groups is 2. The summed E-state index contributed by atoms with van der Waals surface area (Å²) in [5.41, 5.74) is -0.150. The summed E-state index contributed by atoms with van der Waals surface area (Å²) in [5, 5.41) is 30.3. The highest BCUT2D eigenvalue weighted by Gasteiger charge is 2.10. The van der Waals surface area contributed by atoms with Crippen molar-refractivity contribution in [3.63, 3.8) is 0 Å².